The molecule has 0 aliphatic rings. The molecule has 0 atom stereocenters. The second kappa shape index (κ2) is 10.1. The summed E-state index contributed by atoms with van der Waals surface area (Å²) in [4.78, 5) is 21.7. The average molecular weight is 528 g/mol. The Labute approximate surface area is 193 Å². The van der Waals surface area contributed by atoms with E-state index >= 15 is 0 Å². The summed E-state index contributed by atoms with van der Waals surface area (Å²) in [5.41, 5.74) is 9.66. The molecule has 0 saturated heterocycles. The number of halogens is 1. The highest BCUT2D eigenvalue weighted by Gasteiger charge is 2.14. The Morgan fingerprint density at radius 2 is 1.87 bits per heavy atom. The molecule has 3 heterocycles. The molecule has 0 aliphatic heterocycles. The molecule has 31 heavy (non-hydrogen) atoms. The summed E-state index contributed by atoms with van der Waals surface area (Å²) in [6, 6.07) is 5.82. The second-order valence-corrected chi connectivity index (χ2v) is 7.50. The molecule has 0 amide bonds. The molecule has 3 aromatic rings. The van der Waals surface area contributed by atoms with Crippen LogP contribution in [-0.4, -0.2) is 38.2 Å². The molecule has 0 unspecified atom stereocenters. The summed E-state index contributed by atoms with van der Waals surface area (Å²) >= 11 is 2.05. The van der Waals surface area contributed by atoms with Crippen molar-refractivity contribution in [2.75, 3.05) is 18.2 Å². The Morgan fingerprint density at radius 3 is 2.52 bits per heavy atom. The van der Waals surface area contributed by atoms with E-state index in [2.05, 4.69) is 52.8 Å². The maximum absolute atomic E-state index is 7.73. The van der Waals surface area contributed by atoms with Crippen molar-refractivity contribution in [1.82, 2.24) is 24.9 Å². The minimum atomic E-state index is 0.122. The first kappa shape index (κ1) is 22.3. The van der Waals surface area contributed by atoms with Gasteiger partial charge in [-0.2, -0.15) is 9.97 Å². The lowest BCUT2D eigenvalue weighted by atomic mass is 10.1. The molecule has 0 aliphatic carbocycles. The van der Waals surface area contributed by atoms with Crippen molar-refractivity contribution < 1.29 is 4.74 Å². The van der Waals surface area contributed by atoms with Gasteiger partial charge in [0, 0.05) is 35.4 Å². The Morgan fingerprint density at radius 1 is 1.10 bits per heavy atom. The number of hydrogen-bond acceptors (Lipinski definition) is 9. The predicted octanol–water partition coefficient (Wildman–Crippen LogP) is 4.06. The van der Waals surface area contributed by atoms with Crippen molar-refractivity contribution in [2.45, 2.75) is 13.8 Å². The Bertz CT molecular complexity index is 1140. The van der Waals surface area contributed by atoms with Gasteiger partial charge >= 0.3 is 0 Å². The summed E-state index contributed by atoms with van der Waals surface area (Å²) in [5, 5.41) is 10.9. The van der Waals surface area contributed by atoms with Gasteiger partial charge in [0.15, 0.2) is 9.59 Å². The summed E-state index contributed by atoms with van der Waals surface area (Å²) < 4.78 is 5.80. The first-order valence-electron chi connectivity index (χ1n) is 9.20. The van der Waals surface area contributed by atoms with Gasteiger partial charge in [0.2, 0.25) is 5.95 Å². The third-order valence-electron chi connectivity index (χ3n) is 4.14. The number of allylic oxidation sites excluding steroid dienone is 3. The number of rotatable bonds is 7. The molecule has 0 aromatic carbocycles. The largest absolute Gasteiger partial charge is 0.491 e. The molecule has 4 N–H and O–H groups in total. The summed E-state index contributed by atoms with van der Waals surface area (Å²) in [6.07, 6.45) is 8.16. The van der Waals surface area contributed by atoms with Crippen LogP contribution >= 0.6 is 22.6 Å². The lowest BCUT2D eigenvalue weighted by Crippen LogP contribution is -2.07. The van der Waals surface area contributed by atoms with E-state index in [9.17, 15) is 0 Å². The van der Waals surface area contributed by atoms with Gasteiger partial charge < -0.3 is 21.2 Å². The van der Waals surface area contributed by atoms with Crippen LogP contribution in [0.25, 0.3) is 22.5 Å². The lowest BCUT2D eigenvalue weighted by molar-refractivity contribution is 0.331. The number of ether oxygens (including phenoxy) is 1. The molecular weight excluding hydrogens is 507 g/mol. The van der Waals surface area contributed by atoms with Crippen molar-refractivity contribution in [3.05, 3.63) is 63.7 Å². The van der Waals surface area contributed by atoms with Gasteiger partial charge in [0.1, 0.15) is 11.6 Å². The zero-order valence-corrected chi connectivity index (χ0v) is 19.4. The fourth-order valence-electron chi connectivity index (χ4n) is 2.64. The minimum absolute atomic E-state index is 0.122. The van der Waals surface area contributed by atoms with Crippen molar-refractivity contribution in [1.29, 1.82) is 5.41 Å². The number of pyridine rings is 2. The van der Waals surface area contributed by atoms with E-state index in [4.69, 9.17) is 15.9 Å². The van der Waals surface area contributed by atoms with E-state index in [1.807, 2.05) is 25.1 Å². The quantitative estimate of drug-likeness (QED) is 0.181. The van der Waals surface area contributed by atoms with Crippen LogP contribution in [0.2, 0.25) is 0 Å². The van der Waals surface area contributed by atoms with Gasteiger partial charge in [-0.05, 0) is 60.7 Å². The molecule has 3 rings (SSSR count). The maximum Gasteiger partial charge on any atom is 0.223 e. The van der Waals surface area contributed by atoms with E-state index in [1.54, 1.807) is 38.6 Å². The van der Waals surface area contributed by atoms with E-state index in [0.29, 0.717) is 32.5 Å². The molecule has 158 valence electrons. The molecule has 0 radical (unpaired) electrons. The van der Waals surface area contributed by atoms with E-state index < -0.39 is 0 Å². The number of nitrogens with zero attached hydrogens (tertiary/aromatic N) is 5. The number of nitrogens with two attached hydrogens (primary N) is 1. The van der Waals surface area contributed by atoms with E-state index in [-0.39, 0.29) is 5.95 Å². The number of methoxy groups -OCH3 is 1. The fourth-order valence-corrected chi connectivity index (χ4v) is 2.82. The first-order valence-corrected chi connectivity index (χ1v) is 10.3. The van der Waals surface area contributed by atoms with Crippen LogP contribution in [0.5, 0.6) is 0 Å². The normalized spacial score (nSPS) is 11.9. The monoisotopic (exact) mass is 528 g/mol. The molecule has 0 saturated carbocycles. The number of hydrogen-bond donors (Lipinski definition) is 3. The van der Waals surface area contributed by atoms with Crippen molar-refractivity contribution in [3.63, 3.8) is 0 Å². The zero-order valence-electron chi connectivity index (χ0n) is 17.2. The Balaban J connectivity index is 2.11. The number of aryl methyl sites for hydroxylation is 2. The van der Waals surface area contributed by atoms with Crippen molar-refractivity contribution in [2.24, 2.45) is 0 Å². The fraction of sp³-hybridized carbons (Fsp3) is 0.143. The number of nitrogens with one attached hydrogen (secondary N) is 2. The third-order valence-corrected chi connectivity index (χ3v) is 4.94. The smallest absolute Gasteiger partial charge is 0.223 e. The molecular formula is C21H21IN8O. The van der Waals surface area contributed by atoms with Gasteiger partial charge in [-0.15, -0.1) is 0 Å². The zero-order chi connectivity index (χ0) is 22.4. The molecule has 3 aromatic heterocycles. The van der Waals surface area contributed by atoms with Crippen molar-refractivity contribution in [3.8, 4) is 22.5 Å². The SMILES string of the molecule is CO/C(I)=C/C=C(\C=N)Nc1ncc(-c2ccc(C)nc2)cc1-c1nc(C)nc(N)n1. The topological polar surface area (TPSA) is 136 Å². The summed E-state index contributed by atoms with van der Waals surface area (Å²) in [5.74, 6) is 1.48. The van der Waals surface area contributed by atoms with E-state index in [1.165, 1.54) is 6.21 Å². The van der Waals surface area contributed by atoms with Crippen molar-refractivity contribution >= 4 is 40.6 Å². The van der Waals surface area contributed by atoms with Gasteiger partial charge in [-0.1, -0.05) is 6.07 Å². The Kier molecular flexibility index (Phi) is 7.23. The predicted molar refractivity (Wildman–Crippen MR) is 130 cm³/mol. The van der Waals surface area contributed by atoms with Crippen LogP contribution in [-0.2, 0) is 4.74 Å². The highest BCUT2D eigenvalue weighted by atomic mass is 127. The first-order chi connectivity index (χ1) is 14.9. The van der Waals surface area contributed by atoms with Gasteiger partial charge in [0.05, 0.1) is 18.4 Å². The molecule has 10 heteroatoms. The highest BCUT2D eigenvalue weighted by Crippen LogP contribution is 2.30. The van der Waals surface area contributed by atoms with Crippen LogP contribution < -0.4 is 11.1 Å². The lowest BCUT2D eigenvalue weighted by Gasteiger charge is -2.13. The summed E-state index contributed by atoms with van der Waals surface area (Å²) in [7, 11) is 1.58. The molecule has 0 bridgehead atoms. The van der Waals surface area contributed by atoms with Crippen LogP contribution in [0, 0.1) is 19.3 Å². The molecule has 0 fully saturated rings. The van der Waals surface area contributed by atoms with Gasteiger partial charge in [-0.3, -0.25) is 4.98 Å². The number of anilines is 2. The number of aromatic nitrogens is 5. The van der Waals surface area contributed by atoms with Crippen LogP contribution in [0.4, 0.5) is 11.8 Å². The van der Waals surface area contributed by atoms with E-state index in [0.717, 1.165) is 16.8 Å². The van der Waals surface area contributed by atoms with Crippen LogP contribution in [0.3, 0.4) is 0 Å². The van der Waals surface area contributed by atoms with Gasteiger partial charge in [-0.25, -0.2) is 9.97 Å². The number of nitrogen functional groups attached to an aromatic ring is 1. The molecule has 9 nitrogen and oxygen atoms in total. The molecule has 0 spiro atoms. The summed E-state index contributed by atoms with van der Waals surface area (Å²) in [6.45, 7) is 3.68. The minimum Gasteiger partial charge on any atom is -0.491 e. The second-order valence-electron chi connectivity index (χ2n) is 6.44. The third kappa shape index (κ3) is 5.81. The Hall–Kier alpha value is -3.41. The van der Waals surface area contributed by atoms with Crippen LogP contribution in [0.1, 0.15) is 11.5 Å². The van der Waals surface area contributed by atoms with Gasteiger partial charge in [0.25, 0.3) is 0 Å². The standard InChI is InChI=1S/C21H21IN8O/c1-12-4-5-14(10-25-12)15-8-17(20-27-13(2)28-21(24)30-20)19(26-11-15)29-16(9-23)6-7-18(22)31-3/h4-11,23H,1-3H3,(H,26,29)(H2,24,27,28,30)/b16-6+,18-7+,23-9?. The highest BCUT2D eigenvalue weighted by molar-refractivity contribution is 14.1. The maximum atomic E-state index is 7.73. The average Bonchev–Trinajstić information content (AvgIpc) is 2.76. The van der Waals surface area contributed by atoms with Crippen LogP contribution in [0.15, 0.2) is 52.2 Å².